The van der Waals surface area contributed by atoms with Crippen molar-refractivity contribution >= 4 is 11.6 Å². The summed E-state index contributed by atoms with van der Waals surface area (Å²) in [5, 5.41) is 7.08. The van der Waals surface area contributed by atoms with E-state index in [0.29, 0.717) is 18.9 Å². The van der Waals surface area contributed by atoms with Gasteiger partial charge in [-0.25, -0.2) is 4.98 Å². The molecule has 0 aliphatic rings. The van der Waals surface area contributed by atoms with Crippen molar-refractivity contribution in [1.29, 1.82) is 0 Å². The van der Waals surface area contributed by atoms with E-state index in [9.17, 15) is 4.79 Å². The van der Waals surface area contributed by atoms with Crippen molar-refractivity contribution in [3.05, 3.63) is 53.7 Å². The lowest BCUT2D eigenvalue weighted by molar-refractivity contribution is -0.116. The molecule has 0 unspecified atom stereocenters. The number of nitrogens with one attached hydrogen (secondary N) is 1. The summed E-state index contributed by atoms with van der Waals surface area (Å²) in [4.78, 5) is 16.5. The SMILES string of the molecule is Cc1cnn(CCC(=O)Nc2cccc(-c3nc(C)c(C)o3)c2)c1. The molecular formula is C18H20N4O2. The average molecular weight is 324 g/mol. The molecule has 2 aromatic heterocycles. The molecule has 0 saturated carbocycles. The number of benzene rings is 1. The van der Waals surface area contributed by atoms with Crippen molar-refractivity contribution in [2.24, 2.45) is 0 Å². The number of carbonyl (C=O) groups is 1. The van der Waals surface area contributed by atoms with Gasteiger partial charge in [-0.3, -0.25) is 9.48 Å². The van der Waals surface area contributed by atoms with Gasteiger partial charge in [0.05, 0.1) is 11.9 Å². The maximum atomic E-state index is 12.1. The molecule has 1 aromatic carbocycles. The maximum Gasteiger partial charge on any atom is 0.226 e. The highest BCUT2D eigenvalue weighted by Gasteiger charge is 2.10. The van der Waals surface area contributed by atoms with Crippen LogP contribution >= 0.6 is 0 Å². The predicted molar refractivity (Wildman–Crippen MR) is 91.6 cm³/mol. The Morgan fingerprint density at radius 1 is 1.29 bits per heavy atom. The van der Waals surface area contributed by atoms with E-state index in [-0.39, 0.29) is 5.91 Å². The minimum absolute atomic E-state index is 0.0555. The van der Waals surface area contributed by atoms with Gasteiger partial charge in [0, 0.05) is 30.4 Å². The zero-order chi connectivity index (χ0) is 17.1. The van der Waals surface area contributed by atoms with Crippen LogP contribution in [0.4, 0.5) is 5.69 Å². The molecule has 1 N–H and O–H groups in total. The van der Waals surface area contributed by atoms with Crippen LogP contribution in [0.5, 0.6) is 0 Å². The Labute approximate surface area is 140 Å². The van der Waals surface area contributed by atoms with Gasteiger partial charge in [0.15, 0.2) is 0 Å². The molecule has 3 rings (SSSR count). The fourth-order valence-electron chi connectivity index (χ4n) is 2.36. The Kier molecular flexibility index (Phi) is 4.46. The summed E-state index contributed by atoms with van der Waals surface area (Å²) < 4.78 is 7.40. The highest BCUT2D eigenvalue weighted by molar-refractivity contribution is 5.91. The van der Waals surface area contributed by atoms with Crippen LogP contribution in [0.15, 0.2) is 41.1 Å². The van der Waals surface area contributed by atoms with Gasteiger partial charge in [-0.15, -0.1) is 0 Å². The molecule has 6 nitrogen and oxygen atoms in total. The zero-order valence-corrected chi connectivity index (χ0v) is 14.0. The van der Waals surface area contributed by atoms with Crippen LogP contribution in [0.1, 0.15) is 23.4 Å². The largest absolute Gasteiger partial charge is 0.441 e. The van der Waals surface area contributed by atoms with Gasteiger partial charge in [0.25, 0.3) is 0 Å². The van der Waals surface area contributed by atoms with Crippen LogP contribution in [0.25, 0.3) is 11.5 Å². The number of aryl methyl sites for hydroxylation is 4. The Balaban J connectivity index is 1.64. The van der Waals surface area contributed by atoms with E-state index in [2.05, 4.69) is 15.4 Å². The molecule has 0 spiro atoms. The fourth-order valence-corrected chi connectivity index (χ4v) is 2.36. The molecule has 3 aromatic rings. The number of amides is 1. The molecule has 6 heteroatoms. The monoisotopic (exact) mass is 324 g/mol. The van der Waals surface area contributed by atoms with Gasteiger partial charge in [-0.05, 0) is 44.5 Å². The van der Waals surface area contributed by atoms with Gasteiger partial charge in [0.1, 0.15) is 5.76 Å². The summed E-state index contributed by atoms with van der Waals surface area (Å²) in [7, 11) is 0. The normalized spacial score (nSPS) is 10.8. The number of oxazole rings is 1. The van der Waals surface area contributed by atoms with Gasteiger partial charge >= 0.3 is 0 Å². The van der Waals surface area contributed by atoms with E-state index in [1.165, 1.54) is 0 Å². The summed E-state index contributed by atoms with van der Waals surface area (Å²) >= 11 is 0. The topological polar surface area (TPSA) is 73.0 Å². The second kappa shape index (κ2) is 6.70. The standard InChI is InChI=1S/C18H20N4O2/c1-12-10-19-22(11-12)8-7-17(23)21-16-6-4-5-15(9-16)18-20-13(2)14(3)24-18/h4-6,9-11H,7-8H2,1-3H3,(H,21,23). The van der Waals surface area contributed by atoms with E-state index < -0.39 is 0 Å². The van der Waals surface area contributed by atoms with Crippen molar-refractivity contribution in [2.75, 3.05) is 5.32 Å². The van der Waals surface area contributed by atoms with Crippen molar-refractivity contribution in [1.82, 2.24) is 14.8 Å². The predicted octanol–water partition coefficient (Wildman–Crippen LogP) is 3.49. The number of rotatable bonds is 5. The smallest absolute Gasteiger partial charge is 0.226 e. The molecule has 1 amide bonds. The average Bonchev–Trinajstić information content (AvgIpc) is 3.12. The molecule has 0 fully saturated rings. The van der Waals surface area contributed by atoms with Crippen molar-refractivity contribution in [3.63, 3.8) is 0 Å². The molecule has 2 heterocycles. The Hall–Kier alpha value is -2.89. The van der Waals surface area contributed by atoms with Crippen LogP contribution in [-0.4, -0.2) is 20.7 Å². The molecule has 124 valence electrons. The summed E-state index contributed by atoms with van der Waals surface area (Å²) in [6.45, 7) is 6.32. The number of carbonyl (C=O) groups excluding carboxylic acids is 1. The number of hydrogen-bond acceptors (Lipinski definition) is 4. The van der Waals surface area contributed by atoms with Gasteiger partial charge in [0.2, 0.25) is 11.8 Å². The van der Waals surface area contributed by atoms with E-state index in [4.69, 9.17) is 4.42 Å². The lowest BCUT2D eigenvalue weighted by Crippen LogP contribution is -2.14. The van der Waals surface area contributed by atoms with Crippen LogP contribution < -0.4 is 5.32 Å². The lowest BCUT2D eigenvalue weighted by Gasteiger charge is -2.06. The van der Waals surface area contributed by atoms with Crippen molar-refractivity contribution < 1.29 is 9.21 Å². The second-order valence-corrected chi connectivity index (χ2v) is 5.82. The second-order valence-electron chi connectivity index (χ2n) is 5.82. The maximum absolute atomic E-state index is 12.1. The quantitative estimate of drug-likeness (QED) is 0.779. The third kappa shape index (κ3) is 3.71. The van der Waals surface area contributed by atoms with Crippen molar-refractivity contribution in [2.45, 2.75) is 33.7 Å². The van der Waals surface area contributed by atoms with E-state index in [0.717, 1.165) is 28.3 Å². The zero-order valence-electron chi connectivity index (χ0n) is 14.0. The van der Waals surface area contributed by atoms with E-state index in [1.54, 1.807) is 10.9 Å². The molecular weight excluding hydrogens is 304 g/mol. The highest BCUT2D eigenvalue weighted by Crippen LogP contribution is 2.24. The molecule has 0 bridgehead atoms. The number of anilines is 1. The van der Waals surface area contributed by atoms with E-state index in [1.807, 2.05) is 51.2 Å². The third-order valence-electron chi connectivity index (χ3n) is 3.75. The van der Waals surface area contributed by atoms with Crippen molar-refractivity contribution in [3.8, 4) is 11.5 Å². The van der Waals surface area contributed by atoms with Crippen LogP contribution in [-0.2, 0) is 11.3 Å². The lowest BCUT2D eigenvalue weighted by atomic mass is 10.2. The van der Waals surface area contributed by atoms with Gasteiger partial charge in [-0.2, -0.15) is 5.10 Å². The molecule has 0 aliphatic heterocycles. The van der Waals surface area contributed by atoms with Gasteiger partial charge < -0.3 is 9.73 Å². The fraction of sp³-hybridized carbons (Fsp3) is 0.278. The highest BCUT2D eigenvalue weighted by atomic mass is 16.4. The van der Waals surface area contributed by atoms with Gasteiger partial charge in [-0.1, -0.05) is 6.07 Å². The molecule has 0 saturated heterocycles. The Bertz CT molecular complexity index is 844. The minimum atomic E-state index is -0.0555. The Morgan fingerprint density at radius 2 is 2.12 bits per heavy atom. The van der Waals surface area contributed by atoms with Crippen LogP contribution in [0, 0.1) is 20.8 Å². The summed E-state index contributed by atoms with van der Waals surface area (Å²) in [6, 6.07) is 7.49. The summed E-state index contributed by atoms with van der Waals surface area (Å²) in [6.07, 6.45) is 4.06. The number of hydrogen-bond donors (Lipinski definition) is 1. The number of nitrogens with zero attached hydrogens (tertiary/aromatic N) is 3. The molecule has 0 atom stereocenters. The first-order chi connectivity index (χ1) is 11.5. The minimum Gasteiger partial charge on any atom is -0.441 e. The van der Waals surface area contributed by atoms with E-state index >= 15 is 0 Å². The summed E-state index contributed by atoms with van der Waals surface area (Å²) in [5.74, 6) is 1.31. The first-order valence-electron chi connectivity index (χ1n) is 7.84. The number of aromatic nitrogens is 3. The Morgan fingerprint density at radius 3 is 2.79 bits per heavy atom. The first kappa shape index (κ1) is 16.0. The molecule has 0 aliphatic carbocycles. The third-order valence-corrected chi connectivity index (χ3v) is 3.75. The van der Waals surface area contributed by atoms with Crippen LogP contribution in [0.2, 0.25) is 0 Å². The first-order valence-corrected chi connectivity index (χ1v) is 7.84. The molecule has 24 heavy (non-hydrogen) atoms. The molecule has 0 radical (unpaired) electrons. The van der Waals surface area contributed by atoms with Crippen LogP contribution in [0.3, 0.4) is 0 Å². The summed E-state index contributed by atoms with van der Waals surface area (Å²) in [5.41, 5.74) is 3.52.